The molecule has 0 saturated carbocycles. The number of amidine groups is 1. The van der Waals surface area contributed by atoms with E-state index in [0.29, 0.717) is 17.1 Å². The number of likely N-dealkylation sites (N-methyl/N-ethyl adjacent to an activating group) is 1. The molecule has 0 atom stereocenters. The summed E-state index contributed by atoms with van der Waals surface area (Å²) in [4.78, 5) is 12.9. The number of ether oxygens (including phenoxy) is 2. The number of carbonyl (C=O) groups is 1. The largest absolute Gasteiger partial charge is 0.493 e. The summed E-state index contributed by atoms with van der Waals surface area (Å²) in [6.07, 6.45) is 0. The van der Waals surface area contributed by atoms with Crippen molar-refractivity contribution in [1.29, 1.82) is 5.41 Å². The maximum atomic E-state index is 11.5. The van der Waals surface area contributed by atoms with Crippen molar-refractivity contribution in [3.05, 3.63) is 23.8 Å². The van der Waals surface area contributed by atoms with E-state index < -0.39 is 0 Å². The first-order chi connectivity index (χ1) is 8.47. The second-order valence-corrected chi connectivity index (χ2v) is 3.83. The molecule has 0 aliphatic carbocycles. The average Bonchev–Trinajstić information content (AvgIpc) is 2.34. The molecule has 1 aromatic carbocycles. The molecule has 0 fully saturated rings. The molecule has 0 aliphatic rings. The van der Waals surface area contributed by atoms with Crippen molar-refractivity contribution in [2.45, 2.75) is 0 Å². The lowest BCUT2D eigenvalue weighted by Gasteiger charge is -2.15. The van der Waals surface area contributed by atoms with Crippen LogP contribution in [-0.2, 0) is 4.79 Å². The van der Waals surface area contributed by atoms with E-state index >= 15 is 0 Å². The molecule has 6 heteroatoms. The van der Waals surface area contributed by atoms with Crippen LogP contribution in [0.2, 0.25) is 0 Å². The second-order valence-electron chi connectivity index (χ2n) is 3.83. The zero-order valence-electron chi connectivity index (χ0n) is 10.7. The van der Waals surface area contributed by atoms with Crippen molar-refractivity contribution in [3.8, 4) is 11.5 Å². The lowest BCUT2D eigenvalue weighted by atomic mass is 10.1. The van der Waals surface area contributed by atoms with Gasteiger partial charge in [0.1, 0.15) is 5.84 Å². The number of hydrogen-bond donors (Lipinski definition) is 2. The number of nitrogen functional groups attached to an aromatic ring is 1. The number of nitrogens with zero attached hydrogens (tertiary/aromatic N) is 1. The third-order valence-electron chi connectivity index (χ3n) is 2.33. The number of amides is 1. The molecule has 0 radical (unpaired) electrons. The minimum Gasteiger partial charge on any atom is -0.493 e. The zero-order valence-corrected chi connectivity index (χ0v) is 10.7. The lowest BCUT2D eigenvalue weighted by Crippen LogP contribution is -2.28. The topological polar surface area (TPSA) is 88.6 Å². The van der Waals surface area contributed by atoms with E-state index in [1.54, 1.807) is 32.3 Å². The third kappa shape index (κ3) is 3.13. The molecular formula is C12H17N3O3. The first kappa shape index (κ1) is 13.8. The molecule has 0 saturated heterocycles. The van der Waals surface area contributed by atoms with Gasteiger partial charge >= 0.3 is 0 Å². The molecule has 1 amide bonds. The summed E-state index contributed by atoms with van der Waals surface area (Å²) in [5.41, 5.74) is 5.86. The first-order valence-electron chi connectivity index (χ1n) is 5.31. The van der Waals surface area contributed by atoms with Crippen LogP contribution in [0.1, 0.15) is 5.56 Å². The number of nitrogens with one attached hydrogen (secondary N) is 1. The highest BCUT2D eigenvalue weighted by Crippen LogP contribution is 2.30. The van der Waals surface area contributed by atoms with Crippen LogP contribution in [0.3, 0.4) is 0 Å². The van der Waals surface area contributed by atoms with Crippen LogP contribution in [-0.4, -0.2) is 44.5 Å². The molecule has 0 aromatic heterocycles. The smallest absolute Gasteiger partial charge is 0.259 e. The van der Waals surface area contributed by atoms with E-state index in [-0.39, 0.29) is 18.3 Å². The fourth-order valence-electron chi connectivity index (χ4n) is 1.30. The Hall–Kier alpha value is -2.24. The van der Waals surface area contributed by atoms with Gasteiger partial charge in [-0.15, -0.1) is 0 Å². The van der Waals surface area contributed by atoms with Gasteiger partial charge in [-0.05, 0) is 12.1 Å². The minimum absolute atomic E-state index is 0.131. The normalized spacial score (nSPS) is 9.72. The summed E-state index contributed by atoms with van der Waals surface area (Å²) in [7, 11) is 4.76. The van der Waals surface area contributed by atoms with Gasteiger partial charge in [0.2, 0.25) is 0 Å². The quantitative estimate of drug-likeness (QED) is 0.587. The highest BCUT2D eigenvalue weighted by molar-refractivity contribution is 5.98. The summed E-state index contributed by atoms with van der Waals surface area (Å²) in [5, 5.41) is 7.47. The van der Waals surface area contributed by atoms with Crippen LogP contribution in [0, 0.1) is 5.41 Å². The number of carbonyl (C=O) groups excluding carboxylic acids is 1. The predicted octanol–water partition coefficient (Wildman–Crippen LogP) is 0.446. The molecular weight excluding hydrogens is 234 g/mol. The van der Waals surface area contributed by atoms with Gasteiger partial charge in [-0.2, -0.15) is 0 Å². The summed E-state index contributed by atoms with van der Waals surface area (Å²) < 4.78 is 10.5. The molecule has 0 unspecified atom stereocenters. The van der Waals surface area contributed by atoms with Gasteiger partial charge in [0.25, 0.3) is 5.91 Å². The molecule has 1 aromatic rings. The van der Waals surface area contributed by atoms with Gasteiger partial charge < -0.3 is 20.1 Å². The Morgan fingerprint density at radius 1 is 1.44 bits per heavy atom. The standard InChI is InChI=1S/C12H17N3O3/c1-15(2)10(16)7-18-11-8(12(13)14)5-4-6-9(11)17-3/h4-6H,7H2,1-3H3,(H3,13,14). The van der Waals surface area contributed by atoms with E-state index in [2.05, 4.69) is 0 Å². The monoisotopic (exact) mass is 251 g/mol. The van der Waals surface area contributed by atoms with E-state index in [1.165, 1.54) is 12.0 Å². The number of benzene rings is 1. The Labute approximate surface area is 106 Å². The molecule has 0 bridgehead atoms. The number of rotatable bonds is 5. The van der Waals surface area contributed by atoms with Crippen molar-refractivity contribution < 1.29 is 14.3 Å². The Bertz CT molecular complexity index is 458. The van der Waals surface area contributed by atoms with E-state index in [0.717, 1.165) is 0 Å². The van der Waals surface area contributed by atoms with Crippen LogP contribution >= 0.6 is 0 Å². The maximum absolute atomic E-state index is 11.5. The molecule has 18 heavy (non-hydrogen) atoms. The van der Waals surface area contributed by atoms with Gasteiger partial charge in [-0.3, -0.25) is 10.2 Å². The van der Waals surface area contributed by atoms with Gasteiger partial charge in [0, 0.05) is 14.1 Å². The van der Waals surface area contributed by atoms with Crippen LogP contribution in [0.15, 0.2) is 18.2 Å². The zero-order chi connectivity index (χ0) is 13.7. The fraction of sp³-hybridized carbons (Fsp3) is 0.333. The van der Waals surface area contributed by atoms with E-state index in [9.17, 15) is 4.79 Å². The molecule has 0 heterocycles. The van der Waals surface area contributed by atoms with Crippen molar-refractivity contribution in [2.75, 3.05) is 27.8 Å². The van der Waals surface area contributed by atoms with E-state index in [1.807, 2.05) is 0 Å². The third-order valence-corrected chi connectivity index (χ3v) is 2.33. The summed E-state index contributed by atoms with van der Waals surface area (Å²) >= 11 is 0. The Balaban J connectivity index is 2.98. The van der Waals surface area contributed by atoms with Crippen molar-refractivity contribution >= 4 is 11.7 Å². The van der Waals surface area contributed by atoms with Crippen molar-refractivity contribution in [1.82, 2.24) is 4.90 Å². The highest BCUT2D eigenvalue weighted by Gasteiger charge is 2.14. The number of para-hydroxylation sites is 1. The lowest BCUT2D eigenvalue weighted by molar-refractivity contribution is -0.130. The van der Waals surface area contributed by atoms with Gasteiger partial charge in [-0.25, -0.2) is 0 Å². The van der Waals surface area contributed by atoms with Crippen LogP contribution in [0.4, 0.5) is 0 Å². The number of hydrogen-bond acceptors (Lipinski definition) is 4. The first-order valence-corrected chi connectivity index (χ1v) is 5.31. The fourth-order valence-corrected chi connectivity index (χ4v) is 1.30. The van der Waals surface area contributed by atoms with Crippen molar-refractivity contribution in [3.63, 3.8) is 0 Å². The Morgan fingerprint density at radius 3 is 2.61 bits per heavy atom. The molecule has 0 spiro atoms. The van der Waals surface area contributed by atoms with Gasteiger partial charge in [-0.1, -0.05) is 6.07 Å². The molecule has 0 aliphatic heterocycles. The molecule has 98 valence electrons. The summed E-state index contributed by atoms with van der Waals surface area (Å²) in [6, 6.07) is 5.03. The predicted molar refractivity (Wildman–Crippen MR) is 68.2 cm³/mol. The number of methoxy groups -OCH3 is 1. The minimum atomic E-state index is -0.185. The van der Waals surface area contributed by atoms with Crippen molar-refractivity contribution in [2.24, 2.45) is 5.73 Å². The molecule has 1 rings (SSSR count). The SMILES string of the molecule is COc1cccc(C(=N)N)c1OCC(=O)N(C)C. The Morgan fingerprint density at radius 2 is 2.11 bits per heavy atom. The molecule has 3 N–H and O–H groups in total. The Kier molecular flexibility index (Phi) is 4.53. The second kappa shape index (κ2) is 5.90. The summed E-state index contributed by atoms with van der Waals surface area (Å²) in [5.74, 6) is 0.425. The van der Waals surface area contributed by atoms with Crippen LogP contribution < -0.4 is 15.2 Å². The highest BCUT2D eigenvalue weighted by atomic mass is 16.5. The van der Waals surface area contributed by atoms with Crippen LogP contribution in [0.5, 0.6) is 11.5 Å². The van der Waals surface area contributed by atoms with E-state index in [4.69, 9.17) is 20.6 Å². The van der Waals surface area contributed by atoms with Gasteiger partial charge in [0.15, 0.2) is 18.1 Å². The number of nitrogens with two attached hydrogens (primary N) is 1. The van der Waals surface area contributed by atoms with Gasteiger partial charge in [0.05, 0.1) is 12.7 Å². The molecule has 6 nitrogen and oxygen atoms in total. The maximum Gasteiger partial charge on any atom is 0.259 e. The summed E-state index contributed by atoms with van der Waals surface area (Å²) in [6.45, 7) is -0.131. The average molecular weight is 251 g/mol. The van der Waals surface area contributed by atoms with Crippen LogP contribution in [0.25, 0.3) is 0 Å².